The fourth-order valence-electron chi connectivity index (χ4n) is 3.30. The molecule has 1 N–H and O–H groups in total. The van der Waals surface area contributed by atoms with Gasteiger partial charge in [0.15, 0.2) is 6.10 Å². The lowest BCUT2D eigenvalue weighted by Crippen LogP contribution is -2.35. The fourth-order valence-corrected chi connectivity index (χ4v) is 5.01. The van der Waals surface area contributed by atoms with E-state index < -0.39 is 28.0 Å². The van der Waals surface area contributed by atoms with Crippen molar-refractivity contribution in [2.75, 3.05) is 18.4 Å². The lowest BCUT2D eigenvalue weighted by atomic mass is 10.1. The highest BCUT2D eigenvalue weighted by atomic mass is 35.5. The quantitative estimate of drug-likeness (QED) is 0.631. The van der Waals surface area contributed by atoms with Crippen LogP contribution in [0.4, 0.5) is 5.69 Å². The normalized spacial score (nSPS) is 15.8. The maximum atomic E-state index is 12.9. The van der Waals surface area contributed by atoms with Gasteiger partial charge in [-0.15, -0.1) is 0 Å². The fraction of sp³-hybridized carbons (Fsp3) is 0.364. The van der Waals surface area contributed by atoms with Gasteiger partial charge < -0.3 is 10.1 Å². The van der Waals surface area contributed by atoms with Crippen molar-refractivity contribution in [1.82, 2.24) is 4.31 Å². The molecule has 1 saturated heterocycles. The highest BCUT2D eigenvalue weighted by Crippen LogP contribution is 2.28. The molecule has 0 saturated carbocycles. The number of ether oxygens (including phenoxy) is 1. The summed E-state index contributed by atoms with van der Waals surface area (Å²) in [6, 6.07) is 13.2. The van der Waals surface area contributed by atoms with Gasteiger partial charge in [-0.3, -0.25) is 9.59 Å². The molecule has 0 aromatic heterocycles. The summed E-state index contributed by atoms with van der Waals surface area (Å²) < 4.78 is 32.4. The first-order valence-corrected chi connectivity index (χ1v) is 11.9. The molecule has 7 nitrogen and oxygen atoms in total. The van der Waals surface area contributed by atoms with E-state index in [4.69, 9.17) is 16.3 Å². The molecule has 1 heterocycles. The number of hydrogen-bond acceptors (Lipinski definition) is 5. The molecule has 0 aliphatic carbocycles. The van der Waals surface area contributed by atoms with Crippen molar-refractivity contribution in [2.45, 2.75) is 43.6 Å². The number of carbonyl (C=O) groups is 2. The van der Waals surface area contributed by atoms with Crippen LogP contribution >= 0.6 is 11.6 Å². The predicted octanol–water partition coefficient (Wildman–Crippen LogP) is 3.63. The third-order valence-corrected chi connectivity index (χ3v) is 7.24. The first-order valence-electron chi connectivity index (χ1n) is 10.1. The summed E-state index contributed by atoms with van der Waals surface area (Å²) >= 11 is 6.16. The highest BCUT2D eigenvalue weighted by molar-refractivity contribution is 7.89. The Hall–Kier alpha value is -2.42. The number of hydrogen-bond donors (Lipinski definition) is 1. The Labute approximate surface area is 187 Å². The van der Waals surface area contributed by atoms with Crippen molar-refractivity contribution < 1.29 is 22.7 Å². The van der Waals surface area contributed by atoms with E-state index in [0.717, 1.165) is 24.8 Å². The number of anilines is 1. The van der Waals surface area contributed by atoms with Crippen molar-refractivity contribution in [3.05, 3.63) is 59.1 Å². The third-order valence-electron chi connectivity index (χ3n) is 5.02. The van der Waals surface area contributed by atoms with Gasteiger partial charge in [-0.1, -0.05) is 48.4 Å². The monoisotopic (exact) mass is 464 g/mol. The zero-order chi connectivity index (χ0) is 22.4. The van der Waals surface area contributed by atoms with Gasteiger partial charge in [0.05, 0.1) is 22.0 Å². The molecule has 1 aliphatic rings. The molecule has 1 amide bonds. The minimum absolute atomic E-state index is 0.0444. The number of halogens is 1. The SMILES string of the molecule is CC(OC(=O)Cc1ccccc1)C(=O)Nc1cc(S(=O)(=O)N2CCCCC2)ccc1Cl. The lowest BCUT2D eigenvalue weighted by Gasteiger charge is -2.26. The summed E-state index contributed by atoms with van der Waals surface area (Å²) in [6.07, 6.45) is 1.62. The van der Waals surface area contributed by atoms with Crippen LogP contribution in [0.5, 0.6) is 0 Å². The molecule has 0 radical (unpaired) electrons. The topological polar surface area (TPSA) is 92.8 Å². The number of esters is 1. The summed E-state index contributed by atoms with van der Waals surface area (Å²) in [7, 11) is -3.67. The summed E-state index contributed by atoms with van der Waals surface area (Å²) in [4.78, 5) is 24.7. The number of sulfonamides is 1. The number of benzene rings is 2. The molecule has 2 aromatic rings. The Morgan fingerprint density at radius 3 is 2.45 bits per heavy atom. The van der Waals surface area contributed by atoms with E-state index in [0.29, 0.717) is 13.1 Å². The molecule has 31 heavy (non-hydrogen) atoms. The van der Waals surface area contributed by atoms with Gasteiger partial charge in [0.25, 0.3) is 5.91 Å². The molecule has 166 valence electrons. The Bertz CT molecular complexity index is 1040. The van der Waals surface area contributed by atoms with E-state index in [1.807, 2.05) is 18.2 Å². The number of carbonyl (C=O) groups excluding carboxylic acids is 2. The summed E-state index contributed by atoms with van der Waals surface area (Å²) in [5.74, 6) is -1.14. The van der Waals surface area contributed by atoms with E-state index in [2.05, 4.69) is 5.32 Å². The van der Waals surface area contributed by atoms with Crippen LogP contribution in [0, 0.1) is 0 Å². The minimum atomic E-state index is -3.67. The largest absolute Gasteiger partial charge is 0.452 e. The van der Waals surface area contributed by atoms with Gasteiger partial charge in [0.1, 0.15) is 0 Å². The third kappa shape index (κ3) is 6.06. The average molecular weight is 465 g/mol. The second kappa shape index (κ2) is 10.3. The molecule has 0 bridgehead atoms. The number of rotatable bonds is 7. The van der Waals surface area contributed by atoms with Crippen LogP contribution in [0.25, 0.3) is 0 Å². The summed E-state index contributed by atoms with van der Waals surface area (Å²) in [5.41, 5.74) is 0.925. The van der Waals surface area contributed by atoms with Crippen LogP contribution in [-0.4, -0.2) is 43.8 Å². The van der Waals surface area contributed by atoms with Gasteiger partial charge in [-0.2, -0.15) is 4.31 Å². The number of amides is 1. The van der Waals surface area contributed by atoms with Crippen molar-refractivity contribution in [2.24, 2.45) is 0 Å². The van der Waals surface area contributed by atoms with Crippen LogP contribution in [0.15, 0.2) is 53.4 Å². The van der Waals surface area contributed by atoms with Crippen molar-refractivity contribution in [3.63, 3.8) is 0 Å². The van der Waals surface area contributed by atoms with Crippen LogP contribution < -0.4 is 5.32 Å². The van der Waals surface area contributed by atoms with Crippen molar-refractivity contribution in [1.29, 1.82) is 0 Å². The number of piperidine rings is 1. The first-order chi connectivity index (χ1) is 14.8. The lowest BCUT2D eigenvalue weighted by molar-refractivity contribution is -0.152. The van der Waals surface area contributed by atoms with E-state index in [-0.39, 0.29) is 22.0 Å². The van der Waals surface area contributed by atoms with Gasteiger partial charge in [0.2, 0.25) is 10.0 Å². The van der Waals surface area contributed by atoms with Gasteiger partial charge in [-0.25, -0.2) is 8.42 Å². The van der Waals surface area contributed by atoms with Gasteiger partial charge in [0, 0.05) is 13.1 Å². The highest BCUT2D eigenvalue weighted by Gasteiger charge is 2.27. The molecule has 1 unspecified atom stereocenters. The molecular formula is C22H25ClN2O5S. The Balaban J connectivity index is 1.66. The molecule has 1 fully saturated rings. The minimum Gasteiger partial charge on any atom is -0.452 e. The average Bonchev–Trinajstić information content (AvgIpc) is 2.76. The summed E-state index contributed by atoms with van der Waals surface area (Å²) in [6.45, 7) is 2.39. The zero-order valence-corrected chi connectivity index (χ0v) is 18.8. The second-order valence-corrected chi connectivity index (χ2v) is 9.74. The molecule has 9 heteroatoms. The van der Waals surface area contributed by atoms with E-state index in [9.17, 15) is 18.0 Å². The van der Waals surface area contributed by atoms with E-state index >= 15 is 0 Å². The molecule has 1 aliphatic heterocycles. The second-order valence-electron chi connectivity index (χ2n) is 7.39. The number of nitrogens with zero attached hydrogens (tertiary/aromatic N) is 1. The Kier molecular flexibility index (Phi) is 7.69. The van der Waals surface area contributed by atoms with Crippen LogP contribution in [0.1, 0.15) is 31.7 Å². The summed E-state index contributed by atoms with van der Waals surface area (Å²) in [5, 5.41) is 2.75. The van der Waals surface area contributed by atoms with Crippen molar-refractivity contribution in [3.8, 4) is 0 Å². The first kappa shape index (κ1) is 23.2. The van der Waals surface area contributed by atoms with E-state index in [1.54, 1.807) is 12.1 Å². The molecule has 2 aromatic carbocycles. The Morgan fingerprint density at radius 1 is 1.10 bits per heavy atom. The maximum absolute atomic E-state index is 12.9. The molecular weight excluding hydrogens is 440 g/mol. The van der Waals surface area contributed by atoms with Crippen LogP contribution in [-0.2, 0) is 30.8 Å². The van der Waals surface area contributed by atoms with Gasteiger partial charge >= 0.3 is 5.97 Å². The predicted molar refractivity (Wildman–Crippen MR) is 118 cm³/mol. The Morgan fingerprint density at radius 2 is 1.77 bits per heavy atom. The molecule has 3 rings (SSSR count). The molecule has 0 spiro atoms. The molecule has 1 atom stereocenters. The zero-order valence-electron chi connectivity index (χ0n) is 17.2. The van der Waals surface area contributed by atoms with E-state index in [1.165, 1.54) is 29.4 Å². The standard InChI is InChI=1S/C22H25ClN2O5S/c1-16(30-21(26)14-17-8-4-2-5-9-17)22(27)24-20-15-18(10-11-19(20)23)31(28,29)25-12-6-3-7-13-25/h2,4-5,8-11,15-16H,3,6-7,12-14H2,1H3,(H,24,27). The maximum Gasteiger partial charge on any atom is 0.311 e. The smallest absolute Gasteiger partial charge is 0.311 e. The van der Waals surface area contributed by atoms with Crippen LogP contribution in [0.3, 0.4) is 0 Å². The van der Waals surface area contributed by atoms with Gasteiger partial charge in [-0.05, 0) is 43.5 Å². The number of nitrogens with one attached hydrogen (secondary N) is 1. The van der Waals surface area contributed by atoms with Crippen LogP contribution in [0.2, 0.25) is 5.02 Å². The van der Waals surface area contributed by atoms with Crippen molar-refractivity contribution >= 4 is 39.2 Å².